The smallest absolute Gasteiger partial charge is 0.232 e. The summed E-state index contributed by atoms with van der Waals surface area (Å²) in [6.45, 7) is 8.87. The molecular weight excluding hydrogens is 224 g/mol. The Balaban J connectivity index is 4.42. The summed E-state index contributed by atoms with van der Waals surface area (Å²) < 4.78 is 27.2. The predicted molar refractivity (Wildman–Crippen MR) is 59.1 cm³/mol. The predicted octanol–water partition coefficient (Wildman–Crippen LogP) is 2.25. The van der Waals surface area contributed by atoms with Crippen molar-refractivity contribution in [2.24, 2.45) is 11.3 Å². The van der Waals surface area contributed by atoms with E-state index in [1.165, 1.54) is 0 Å². The van der Waals surface area contributed by atoms with Gasteiger partial charge in [-0.05, 0) is 12.3 Å². The third kappa shape index (κ3) is 6.62. The molecule has 0 N–H and O–H groups in total. The summed E-state index contributed by atoms with van der Waals surface area (Å²) in [4.78, 5) is 0. The molecular formula is C9H19ClO3S. The average Bonchev–Trinajstić information content (AvgIpc) is 1.93. The highest BCUT2D eigenvalue weighted by atomic mass is 35.7. The molecule has 0 aromatic carbocycles. The quantitative estimate of drug-likeness (QED) is 0.695. The van der Waals surface area contributed by atoms with Gasteiger partial charge in [0, 0.05) is 23.2 Å². The summed E-state index contributed by atoms with van der Waals surface area (Å²) >= 11 is 0. The summed E-state index contributed by atoms with van der Waals surface area (Å²) in [5, 5.41) is 0. The average molecular weight is 243 g/mol. The van der Waals surface area contributed by atoms with Crippen LogP contribution in [0.3, 0.4) is 0 Å². The molecule has 0 heterocycles. The first-order chi connectivity index (χ1) is 6.17. The van der Waals surface area contributed by atoms with Crippen molar-refractivity contribution >= 4 is 19.7 Å². The molecule has 0 aliphatic heterocycles. The summed E-state index contributed by atoms with van der Waals surface area (Å²) in [6.07, 6.45) is 0. The zero-order chi connectivity index (χ0) is 11.4. The molecule has 1 unspecified atom stereocenters. The van der Waals surface area contributed by atoms with Crippen LogP contribution in [0.15, 0.2) is 0 Å². The second-order valence-corrected chi connectivity index (χ2v) is 7.25. The fourth-order valence-electron chi connectivity index (χ4n) is 1.05. The van der Waals surface area contributed by atoms with Crippen LogP contribution in [0, 0.1) is 11.3 Å². The van der Waals surface area contributed by atoms with Crippen molar-refractivity contribution in [1.29, 1.82) is 0 Å². The van der Waals surface area contributed by atoms with Crippen molar-refractivity contribution in [3.05, 3.63) is 0 Å². The van der Waals surface area contributed by atoms with E-state index < -0.39 is 9.05 Å². The van der Waals surface area contributed by atoms with Crippen molar-refractivity contribution in [3.63, 3.8) is 0 Å². The SMILES string of the molecule is CCOCC(CS(=O)(=O)Cl)C(C)(C)C. The minimum atomic E-state index is -3.44. The maximum atomic E-state index is 11.0. The van der Waals surface area contributed by atoms with Crippen LogP contribution in [0.2, 0.25) is 0 Å². The molecule has 0 aromatic heterocycles. The Bertz CT molecular complexity index is 254. The van der Waals surface area contributed by atoms with E-state index in [1.54, 1.807) is 0 Å². The van der Waals surface area contributed by atoms with Crippen LogP contribution in [0.25, 0.3) is 0 Å². The number of hydrogen-bond donors (Lipinski definition) is 0. The normalized spacial score (nSPS) is 15.5. The van der Waals surface area contributed by atoms with Crippen molar-refractivity contribution in [2.75, 3.05) is 19.0 Å². The van der Waals surface area contributed by atoms with Crippen LogP contribution in [0.5, 0.6) is 0 Å². The monoisotopic (exact) mass is 242 g/mol. The Morgan fingerprint density at radius 2 is 1.86 bits per heavy atom. The molecule has 0 aliphatic carbocycles. The second-order valence-electron chi connectivity index (χ2n) is 4.43. The molecule has 14 heavy (non-hydrogen) atoms. The van der Waals surface area contributed by atoms with Gasteiger partial charge >= 0.3 is 0 Å². The first-order valence-electron chi connectivity index (χ1n) is 4.67. The minimum Gasteiger partial charge on any atom is -0.381 e. The summed E-state index contributed by atoms with van der Waals surface area (Å²) in [6, 6.07) is 0. The molecule has 1 atom stereocenters. The van der Waals surface area contributed by atoms with Gasteiger partial charge in [-0.25, -0.2) is 8.42 Å². The lowest BCUT2D eigenvalue weighted by Gasteiger charge is -2.29. The Morgan fingerprint density at radius 3 is 2.14 bits per heavy atom. The molecule has 0 bridgehead atoms. The highest BCUT2D eigenvalue weighted by Gasteiger charge is 2.28. The molecule has 86 valence electrons. The maximum absolute atomic E-state index is 11.0. The zero-order valence-electron chi connectivity index (χ0n) is 9.21. The molecule has 0 saturated heterocycles. The largest absolute Gasteiger partial charge is 0.381 e. The highest BCUT2D eigenvalue weighted by molar-refractivity contribution is 8.13. The van der Waals surface area contributed by atoms with Gasteiger partial charge in [-0.1, -0.05) is 20.8 Å². The molecule has 0 saturated carbocycles. The van der Waals surface area contributed by atoms with Crippen LogP contribution < -0.4 is 0 Å². The summed E-state index contributed by atoms with van der Waals surface area (Å²) in [7, 11) is 1.78. The number of hydrogen-bond acceptors (Lipinski definition) is 3. The lowest BCUT2D eigenvalue weighted by Crippen LogP contribution is -2.30. The van der Waals surface area contributed by atoms with Crippen molar-refractivity contribution < 1.29 is 13.2 Å². The van der Waals surface area contributed by atoms with E-state index in [-0.39, 0.29) is 17.1 Å². The first-order valence-corrected chi connectivity index (χ1v) is 7.14. The van der Waals surface area contributed by atoms with E-state index in [9.17, 15) is 8.42 Å². The molecule has 0 rings (SSSR count). The van der Waals surface area contributed by atoms with Gasteiger partial charge < -0.3 is 4.74 Å². The standard InChI is InChI=1S/C9H19ClO3S/c1-5-13-6-8(9(2,3)4)7-14(10,11)12/h8H,5-7H2,1-4H3. The molecule has 3 nitrogen and oxygen atoms in total. The fourth-order valence-corrected chi connectivity index (χ4v) is 2.58. The van der Waals surface area contributed by atoms with Gasteiger partial charge in [-0.15, -0.1) is 0 Å². The fraction of sp³-hybridized carbons (Fsp3) is 1.00. The van der Waals surface area contributed by atoms with Crippen molar-refractivity contribution in [3.8, 4) is 0 Å². The van der Waals surface area contributed by atoms with E-state index in [0.717, 1.165) is 0 Å². The van der Waals surface area contributed by atoms with Gasteiger partial charge in [0.2, 0.25) is 9.05 Å². The first kappa shape index (κ1) is 14.2. The van der Waals surface area contributed by atoms with Gasteiger partial charge in [0.25, 0.3) is 0 Å². The van der Waals surface area contributed by atoms with E-state index in [2.05, 4.69) is 0 Å². The second kappa shape index (κ2) is 5.33. The molecule has 0 amide bonds. The topological polar surface area (TPSA) is 43.4 Å². The van der Waals surface area contributed by atoms with Gasteiger partial charge in [0.1, 0.15) is 0 Å². The van der Waals surface area contributed by atoms with E-state index >= 15 is 0 Å². The van der Waals surface area contributed by atoms with Crippen LogP contribution in [0.1, 0.15) is 27.7 Å². The lowest BCUT2D eigenvalue weighted by molar-refractivity contribution is 0.0735. The number of halogens is 1. The minimum absolute atomic E-state index is 0.0297. The Kier molecular flexibility index (Phi) is 5.41. The Hall–Kier alpha value is 0.200. The maximum Gasteiger partial charge on any atom is 0.232 e. The molecule has 0 radical (unpaired) electrons. The Morgan fingerprint density at radius 1 is 1.36 bits per heavy atom. The van der Waals surface area contributed by atoms with Crippen LogP contribution >= 0.6 is 10.7 Å². The molecule has 5 heteroatoms. The molecule has 0 aliphatic rings. The molecule has 0 aromatic rings. The molecule has 0 spiro atoms. The van der Waals surface area contributed by atoms with Crippen molar-refractivity contribution in [1.82, 2.24) is 0 Å². The van der Waals surface area contributed by atoms with E-state index in [0.29, 0.717) is 13.2 Å². The number of rotatable bonds is 5. The van der Waals surface area contributed by atoms with Crippen molar-refractivity contribution in [2.45, 2.75) is 27.7 Å². The van der Waals surface area contributed by atoms with E-state index in [1.807, 2.05) is 27.7 Å². The summed E-state index contributed by atoms with van der Waals surface area (Å²) in [5.74, 6) is -0.0946. The highest BCUT2D eigenvalue weighted by Crippen LogP contribution is 2.28. The van der Waals surface area contributed by atoms with Gasteiger partial charge in [-0.3, -0.25) is 0 Å². The third-order valence-electron chi connectivity index (χ3n) is 2.15. The van der Waals surface area contributed by atoms with Gasteiger partial charge in [-0.2, -0.15) is 0 Å². The van der Waals surface area contributed by atoms with Crippen LogP contribution in [-0.2, 0) is 13.8 Å². The van der Waals surface area contributed by atoms with Gasteiger partial charge in [0.15, 0.2) is 0 Å². The van der Waals surface area contributed by atoms with Crippen LogP contribution in [0.4, 0.5) is 0 Å². The van der Waals surface area contributed by atoms with Crippen LogP contribution in [-0.4, -0.2) is 27.4 Å². The lowest BCUT2D eigenvalue weighted by atomic mass is 9.82. The third-order valence-corrected chi connectivity index (χ3v) is 3.33. The Labute approximate surface area is 91.2 Å². The van der Waals surface area contributed by atoms with E-state index in [4.69, 9.17) is 15.4 Å². The van der Waals surface area contributed by atoms with Gasteiger partial charge in [0.05, 0.1) is 12.4 Å². The molecule has 0 fully saturated rings. The number of ether oxygens (including phenoxy) is 1. The summed E-state index contributed by atoms with van der Waals surface area (Å²) in [5.41, 5.74) is -0.114. The zero-order valence-corrected chi connectivity index (χ0v) is 10.8.